The highest BCUT2D eigenvalue weighted by Crippen LogP contribution is 2.48. The average molecular weight is 534 g/mol. The SMILES string of the molecule is CC(C)(C)C1N(C(=O)O)CC1(CC#N)n1cc(-c2c(C#N)cnc3c2ccn3COCC[Si](C)(C)C)cn1. The van der Waals surface area contributed by atoms with Crippen LogP contribution >= 0.6 is 0 Å². The van der Waals surface area contributed by atoms with Gasteiger partial charge in [0, 0.05) is 49.8 Å². The number of carboxylic acid groups (broad SMARTS) is 1. The maximum atomic E-state index is 11.9. The minimum Gasteiger partial charge on any atom is -0.465 e. The van der Waals surface area contributed by atoms with Crippen molar-refractivity contribution in [2.45, 2.75) is 71.2 Å². The maximum Gasteiger partial charge on any atom is 0.407 e. The summed E-state index contributed by atoms with van der Waals surface area (Å²) in [5, 5.41) is 34.8. The Morgan fingerprint density at radius 3 is 2.63 bits per heavy atom. The molecule has 2 atom stereocenters. The van der Waals surface area contributed by atoms with E-state index in [1.165, 1.54) is 4.90 Å². The summed E-state index contributed by atoms with van der Waals surface area (Å²) < 4.78 is 9.58. The molecule has 0 aromatic carbocycles. The Kier molecular flexibility index (Phi) is 7.13. The summed E-state index contributed by atoms with van der Waals surface area (Å²) in [6.45, 7) is 14.1. The number of ether oxygens (including phenoxy) is 1. The summed E-state index contributed by atoms with van der Waals surface area (Å²) in [6.07, 6.45) is 6.08. The zero-order valence-electron chi connectivity index (χ0n) is 22.9. The Hall–Kier alpha value is -3.67. The van der Waals surface area contributed by atoms with Crippen LogP contribution in [-0.4, -0.2) is 62.7 Å². The third-order valence-electron chi connectivity index (χ3n) is 7.18. The van der Waals surface area contributed by atoms with Gasteiger partial charge < -0.3 is 14.4 Å². The molecule has 0 saturated carbocycles. The molecule has 1 amide bonds. The number of amides is 1. The third kappa shape index (κ3) is 4.92. The van der Waals surface area contributed by atoms with E-state index in [9.17, 15) is 20.4 Å². The number of likely N-dealkylation sites (tertiary alicyclic amines) is 1. The highest BCUT2D eigenvalue weighted by atomic mass is 28.3. The number of fused-ring (bicyclic) bond motifs is 1. The monoisotopic (exact) mass is 533 g/mol. The van der Waals surface area contributed by atoms with Crippen LogP contribution in [0.15, 0.2) is 30.9 Å². The number of hydrogen-bond donors (Lipinski definition) is 1. The van der Waals surface area contributed by atoms with Crippen LogP contribution in [0.4, 0.5) is 4.79 Å². The summed E-state index contributed by atoms with van der Waals surface area (Å²) in [5.74, 6) is 0. The van der Waals surface area contributed by atoms with Crippen molar-refractivity contribution in [3.05, 3.63) is 36.4 Å². The van der Waals surface area contributed by atoms with Crippen molar-refractivity contribution >= 4 is 25.2 Å². The van der Waals surface area contributed by atoms with Gasteiger partial charge in [-0.3, -0.25) is 9.58 Å². The van der Waals surface area contributed by atoms with Gasteiger partial charge >= 0.3 is 6.09 Å². The maximum absolute atomic E-state index is 11.9. The lowest BCUT2D eigenvalue weighted by Gasteiger charge is -2.60. The molecule has 4 rings (SSSR count). The lowest BCUT2D eigenvalue weighted by molar-refractivity contribution is -0.1000. The standard InChI is InChI=1S/C27H35N7O3Si/c1-26(2,3)24-27(8-9-28,17-33(24)25(35)36)34-16-20(15-31-34)22-19(13-29)14-30-23-21(22)7-10-32(23)18-37-11-12-38(4,5)6/h7,10,14-16,24H,8,11-12,17-18H2,1-6H3,(H,35,36). The fourth-order valence-electron chi connectivity index (χ4n) is 5.55. The van der Waals surface area contributed by atoms with Crippen LogP contribution in [0.25, 0.3) is 22.2 Å². The van der Waals surface area contributed by atoms with Crippen molar-refractivity contribution in [2.24, 2.45) is 5.41 Å². The number of nitrogens with zero attached hydrogens (tertiary/aromatic N) is 7. The summed E-state index contributed by atoms with van der Waals surface area (Å²) in [7, 11) is -1.19. The second-order valence-corrected chi connectivity index (χ2v) is 17.9. The van der Waals surface area contributed by atoms with E-state index in [-0.39, 0.29) is 13.0 Å². The van der Waals surface area contributed by atoms with Crippen molar-refractivity contribution in [1.82, 2.24) is 24.2 Å². The largest absolute Gasteiger partial charge is 0.465 e. The molecule has 4 heterocycles. The molecule has 0 radical (unpaired) electrons. The molecular formula is C27H35N7O3Si. The molecule has 38 heavy (non-hydrogen) atoms. The van der Waals surface area contributed by atoms with Gasteiger partial charge in [0.25, 0.3) is 0 Å². The predicted octanol–water partition coefficient (Wildman–Crippen LogP) is 5.10. The van der Waals surface area contributed by atoms with E-state index in [4.69, 9.17) is 4.74 Å². The van der Waals surface area contributed by atoms with Crippen molar-refractivity contribution < 1.29 is 14.6 Å². The van der Waals surface area contributed by atoms with Gasteiger partial charge in [-0.2, -0.15) is 15.6 Å². The van der Waals surface area contributed by atoms with E-state index >= 15 is 0 Å². The first-order chi connectivity index (χ1) is 17.8. The molecule has 0 spiro atoms. The quantitative estimate of drug-likeness (QED) is 0.314. The molecule has 1 aliphatic rings. The van der Waals surface area contributed by atoms with Crippen molar-refractivity contribution in [2.75, 3.05) is 13.2 Å². The predicted molar refractivity (Wildman–Crippen MR) is 146 cm³/mol. The van der Waals surface area contributed by atoms with Crippen LogP contribution in [-0.2, 0) is 17.0 Å². The normalized spacial score (nSPS) is 19.7. The summed E-state index contributed by atoms with van der Waals surface area (Å²) in [5.41, 5.74) is 1.31. The van der Waals surface area contributed by atoms with Crippen LogP contribution in [0.2, 0.25) is 25.7 Å². The summed E-state index contributed by atoms with van der Waals surface area (Å²) in [4.78, 5) is 17.8. The van der Waals surface area contributed by atoms with Gasteiger partial charge in [-0.1, -0.05) is 40.4 Å². The number of rotatable bonds is 8. The number of nitriles is 2. The Morgan fingerprint density at radius 2 is 2.03 bits per heavy atom. The Morgan fingerprint density at radius 1 is 1.29 bits per heavy atom. The van der Waals surface area contributed by atoms with Crippen molar-refractivity contribution in [3.63, 3.8) is 0 Å². The van der Waals surface area contributed by atoms with E-state index in [1.54, 1.807) is 17.1 Å². The Labute approximate surface area is 224 Å². The Balaban J connectivity index is 1.72. The highest BCUT2D eigenvalue weighted by molar-refractivity contribution is 6.76. The first-order valence-electron chi connectivity index (χ1n) is 12.7. The Bertz CT molecular complexity index is 1430. The van der Waals surface area contributed by atoms with Crippen LogP contribution in [0.3, 0.4) is 0 Å². The zero-order chi connectivity index (χ0) is 27.9. The van der Waals surface area contributed by atoms with Crippen LogP contribution in [0, 0.1) is 28.1 Å². The van der Waals surface area contributed by atoms with Crippen molar-refractivity contribution in [1.29, 1.82) is 10.5 Å². The lowest BCUT2D eigenvalue weighted by atomic mass is 9.66. The minimum absolute atomic E-state index is 0.113. The fourth-order valence-corrected chi connectivity index (χ4v) is 6.30. The molecule has 11 heteroatoms. The molecule has 0 aliphatic carbocycles. The molecule has 10 nitrogen and oxygen atoms in total. The number of hydrogen-bond acceptors (Lipinski definition) is 6. The first kappa shape index (κ1) is 27.4. The average Bonchev–Trinajstić information content (AvgIpc) is 3.44. The van der Waals surface area contributed by atoms with Crippen molar-refractivity contribution in [3.8, 4) is 23.3 Å². The molecule has 1 fully saturated rings. The molecule has 0 bridgehead atoms. The molecule has 3 aromatic heterocycles. The van der Waals surface area contributed by atoms with Crippen LogP contribution in [0.1, 0.15) is 32.8 Å². The van der Waals surface area contributed by atoms with E-state index in [0.29, 0.717) is 35.7 Å². The van der Waals surface area contributed by atoms with E-state index < -0.39 is 31.2 Å². The van der Waals surface area contributed by atoms with Gasteiger partial charge in [-0.05, 0) is 17.5 Å². The third-order valence-corrected chi connectivity index (χ3v) is 8.88. The zero-order valence-corrected chi connectivity index (χ0v) is 23.9. The van der Waals surface area contributed by atoms with Gasteiger partial charge in [-0.15, -0.1) is 0 Å². The summed E-state index contributed by atoms with van der Waals surface area (Å²) >= 11 is 0. The second kappa shape index (κ2) is 9.90. The summed E-state index contributed by atoms with van der Waals surface area (Å²) in [6, 6.07) is 7.05. The fraction of sp³-hybridized carbons (Fsp3) is 0.519. The number of pyridine rings is 1. The van der Waals surface area contributed by atoms with Crippen LogP contribution in [0.5, 0.6) is 0 Å². The van der Waals surface area contributed by atoms with E-state index in [2.05, 4.69) is 41.9 Å². The smallest absolute Gasteiger partial charge is 0.407 e. The lowest BCUT2D eigenvalue weighted by Crippen LogP contribution is -2.75. The molecule has 3 aromatic rings. The molecule has 1 aliphatic heterocycles. The molecule has 1 saturated heterocycles. The van der Waals surface area contributed by atoms with E-state index in [0.717, 1.165) is 11.4 Å². The minimum atomic E-state index is -1.19. The number of aromatic nitrogens is 4. The van der Waals surface area contributed by atoms with Gasteiger partial charge in [0.2, 0.25) is 0 Å². The molecule has 1 N–H and O–H groups in total. The van der Waals surface area contributed by atoms with Gasteiger partial charge in [0.05, 0.1) is 36.8 Å². The number of carbonyl (C=O) groups is 1. The topological polar surface area (TPSA) is 133 Å². The molecule has 2 unspecified atom stereocenters. The van der Waals surface area contributed by atoms with Crippen LogP contribution < -0.4 is 0 Å². The molecule has 200 valence electrons. The van der Waals surface area contributed by atoms with Gasteiger partial charge in [0.15, 0.2) is 0 Å². The first-order valence-corrected chi connectivity index (χ1v) is 16.4. The highest BCUT2D eigenvalue weighted by Gasteiger charge is 2.61. The van der Waals surface area contributed by atoms with Gasteiger partial charge in [-0.25, -0.2) is 9.78 Å². The second-order valence-electron chi connectivity index (χ2n) is 12.3. The van der Waals surface area contributed by atoms with E-state index in [1.807, 2.05) is 43.8 Å². The van der Waals surface area contributed by atoms with Gasteiger partial charge in [0.1, 0.15) is 24.0 Å². The molecular weight excluding hydrogens is 498 g/mol.